The largest absolute Gasteiger partial charge is 0.393 e. The molecule has 58 valence electrons. The van der Waals surface area contributed by atoms with Crippen molar-refractivity contribution in [3.8, 4) is 0 Å². The molecule has 0 bridgehead atoms. The lowest BCUT2D eigenvalue weighted by atomic mass is 10.4. The number of hydrogen-bond donors (Lipinski definition) is 4. The van der Waals surface area contributed by atoms with E-state index < -0.39 is 6.10 Å². The van der Waals surface area contributed by atoms with E-state index >= 15 is 0 Å². The van der Waals surface area contributed by atoms with Crippen LogP contribution in [0.15, 0.2) is 5.10 Å². The van der Waals surface area contributed by atoms with Crippen LogP contribution < -0.4 is 11.2 Å². The Morgan fingerprint density at radius 3 is 2.90 bits per heavy atom. The van der Waals surface area contributed by atoms with Crippen molar-refractivity contribution in [1.29, 1.82) is 0 Å². The van der Waals surface area contributed by atoms with E-state index in [1.54, 1.807) is 0 Å². The van der Waals surface area contributed by atoms with E-state index in [0.29, 0.717) is 0 Å². The maximum Gasteiger partial charge on any atom is 0.184 e. The molecule has 0 aliphatic heterocycles. The molecule has 6 heteroatoms. The van der Waals surface area contributed by atoms with Crippen molar-refractivity contribution in [3.05, 3.63) is 0 Å². The molecule has 0 rings (SSSR count). The zero-order chi connectivity index (χ0) is 7.98. The molecule has 5 N–H and O–H groups in total. The van der Waals surface area contributed by atoms with E-state index in [-0.39, 0.29) is 11.7 Å². The Morgan fingerprint density at radius 2 is 2.50 bits per heavy atom. The quantitative estimate of drug-likeness (QED) is 0.223. The summed E-state index contributed by atoms with van der Waals surface area (Å²) in [5, 5.41) is 20.3. The van der Waals surface area contributed by atoms with Gasteiger partial charge in [0, 0.05) is 0 Å². The van der Waals surface area contributed by atoms with E-state index in [2.05, 4.69) is 22.7 Å². The molecule has 0 amide bonds. The number of hydrazone groups is 1. The van der Waals surface area contributed by atoms with E-state index in [1.807, 2.05) is 0 Å². The number of nitrogens with one attached hydrogen (secondary N) is 1. The average Bonchev–Trinajstić information content (AvgIpc) is 1.87. The Bertz CT molecular complexity index is 138. The van der Waals surface area contributed by atoms with Gasteiger partial charge in [0.05, 0.1) is 12.8 Å². The summed E-state index contributed by atoms with van der Waals surface area (Å²) in [5.41, 5.74) is 7.20. The Balaban J connectivity index is 3.45. The first-order valence-corrected chi connectivity index (χ1v) is 2.95. The minimum atomic E-state index is -0.971. The molecular formula is C4H9N3O2S. The summed E-state index contributed by atoms with van der Waals surface area (Å²) in [7, 11) is 0. The lowest BCUT2D eigenvalue weighted by molar-refractivity contribution is 0.148. The van der Waals surface area contributed by atoms with Gasteiger partial charge in [0.25, 0.3) is 0 Å². The van der Waals surface area contributed by atoms with Gasteiger partial charge >= 0.3 is 0 Å². The van der Waals surface area contributed by atoms with Crippen LogP contribution >= 0.6 is 12.2 Å². The predicted octanol–water partition coefficient (Wildman–Crippen LogP) is -1.84. The molecule has 0 radical (unpaired) electrons. The molecular weight excluding hydrogens is 154 g/mol. The van der Waals surface area contributed by atoms with E-state index in [4.69, 9.17) is 15.9 Å². The fourth-order valence-corrected chi connectivity index (χ4v) is 0.287. The Morgan fingerprint density at radius 1 is 1.90 bits per heavy atom. The zero-order valence-electron chi connectivity index (χ0n) is 5.19. The van der Waals surface area contributed by atoms with Gasteiger partial charge in [-0.3, -0.25) is 5.43 Å². The van der Waals surface area contributed by atoms with Crippen LogP contribution in [0.5, 0.6) is 0 Å². The monoisotopic (exact) mass is 163 g/mol. The van der Waals surface area contributed by atoms with Gasteiger partial charge in [-0.1, -0.05) is 0 Å². The van der Waals surface area contributed by atoms with Crippen LogP contribution in [0, 0.1) is 0 Å². The SMILES string of the molecule is NC(=S)N/N=C/C(O)CO. The van der Waals surface area contributed by atoms with Crippen molar-refractivity contribution in [2.75, 3.05) is 6.61 Å². The van der Waals surface area contributed by atoms with Crippen LogP contribution in [0.4, 0.5) is 0 Å². The minimum Gasteiger partial charge on any atom is -0.393 e. The van der Waals surface area contributed by atoms with Crippen molar-refractivity contribution in [1.82, 2.24) is 5.43 Å². The molecule has 0 saturated heterocycles. The van der Waals surface area contributed by atoms with E-state index in [9.17, 15) is 0 Å². The second-order valence-electron chi connectivity index (χ2n) is 1.50. The number of aliphatic hydroxyl groups excluding tert-OH is 2. The van der Waals surface area contributed by atoms with Crippen molar-refractivity contribution >= 4 is 23.5 Å². The smallest absolute Gasteiger partial charge is 0.184 e. The number of hydrogen-bond acceptors (Lipinski definition) is 4. The Hall–Kier alpha value is -0.720. The van der Waals surface area contributed by atoms with Crippen LogP contribution in [0.3, 0.4) is 0 Å². The number of nitrogens with zero attached hydrogens (tertiary/aromatic N) is 1. The van der Waals surface area contributed by atoms with E-state index in [0.717, 1.165) is 6.21 Å². The molecule has 0 aliphatic rings. The summed E-state index contributed by atoms with van der Waals surface area (Å²) in [5.74, 6) is 0. The molecule has 10 heavy (non-hydrogen) atoms. The zero-order valence-corrected chi connectivity index (χ0v) is 6.01. The van der Waals surface area contributed by atoms with Crippen LogP contribution in [0.2, 0.25) is 0 Å². The molecule has 0 aromatic carbocycles. The summed E-state index contributed by atoms with van der Waals surface area (Å²) < 4.78 is 0. The topological polar surface area (TPSA) is 90.9 Å². The molecule has 0 saturated carbocycles. The maximum atomic E-state index is 8.65. The average molecular weight is 163 g/mol. The number of thiocarbonyl (C=S) groups is 1. The first-order valence-electron chi connectivity index (χ1n) is 2.54. The maximum absolute atomic E-state index is 8.65. The van der Waals surface area contributed by atoms with Crippen LogP contribution in [0.1, 0.15) is 0 Å². The van der Waals surface area contributed by atoms with Crippen molar-refractivity contribution in [3.63, 3.8) is 0 Å². The second kappa shape index (κ2) is 5.10. The predicted molar refractivity (Wildman–Crippen MR) is 41.5 cm³/mol. The standard InChI is InChI=1S/C4H9N3O2S/c5-4(10)7-6-1-3(9)2-8/h1,3,8-9H,2H2,(H3,5,7,10)/b6-1+. The van der Waals surface area contributed by atoms with Gasteiger partial charge in [0.1, 0.15) is 6.10 Å². The highest BCUT2D eigenvalue weighted by Crippen LogP contribution is 1.71. The number of aliphatic hydroxyl groups is 2. The van der Waals surface area contributed by atoms with Crippen LogP contribution in [-0.2, 0) is 0 Å². The van der Waals surface area contributed by atoms with Gasteiger partial charge in [-0.15, -0.1) is 0 Å². The highest BCUT2D eigenvalue weighted by Gasteiger charge is 1.93. The summed E-state index contributed by atoms with van der Waals surface area (Å²) in [6.45, 7) is -0.373. The van der Waals surface area contributed by atoms with Crippen molar-refractivity contribution in [2.24, 2.45) is 10.8 Å². The van der Waals surface area contributed by atoms with Gasteiger partial charge < -0.3 is 15.9 Å². The van der Waals surface area contributed by atoms with Crippen molar-refractivity contribution < 1.29 is 10.2 Å². The Labute approximate surface area is 63.5 Å². The van der Waals surface area contributed by atoms with Crippen molar-refractivity contribution in [2.45, 2.75) is 6.10 Å². The molecule has 1 unspecified atom stereocenters. The summed E-state index contributed by atoms with van der Waals surface area (Å²) in [6.07, 6.45) is 0.126. The Kier molecular flexibility index (Phi) is 4.73. The molecule has 5 nitrogen and oxygen atoms in total. The molecule has 0 aromatic rings. The molecule has 0 aliphatic carbocycles. The molecule has 0 spiro atoms. The third kappa shape index (κ3) is 5.42. The fraction of sp³-hybridized carbons (Fsp3) is 0.500. The molecule has 1 atom stereocenters. The van der Waals surface area contributed by atoms with Gasteiger partial charge in [-0.25, -0.2) is 0 Å². The number of nitrogens with two attached hydrogens (primary N) is 1. The van der Waals surface area contributed by atoms with Crippen LogP contribution in [0.25, 0.3) is 0 Å². The summed E-state index contributed by atoms with van der Waals surface area (Å²) in [4.78, 5) is 0. The van der Waals surface area contributed by atoms with Gasteiger partial charge in [-0.05, 0) is 12.2 Å². The van der Waals surface area contributed by atoms with E-state index in [1.165, 1.54) is 0 Å². The van der Waals surface area contributed by atoms with Gasteiger partial charge in [0.15, 0.2) is 5.11 Å². The third-order valence-electron chi connectivity index (χ3n) is 0.608. The first-order chi connectivity index (χ1) is 4.66. The summed E-state index contributed by atoms with van der Waals surface area (Å²) in [6, 6.07) is 0. The third-order valence-corrected chi connectivity index (χ3v) is 0.700. The van der Waals surface area contributed by atoms with Crippen LogP contribution in [-0.4, -0.2) is 34.3 Å². The minimum absolute atomic E-state index is 0.0152. The first kappa shape index (κ1) is 9.28. The molecule has 0 fully saturated rings. The lowest BCUT2D eigenvalue weighted by Gasteiger charge is -1.97. The highest BCUT2D eigenvalue weighted by atomic mass is 32.1. The highest BCUT2D eigenvalue weighted by molar-refractivity contribution is 7.80. The summed E-state index contributed by atoms with van der Waals surface area (Å²) >= 11 is 4.39. The van der Waals surface area contributed by atoms with Gasteiger partial charge in [0.2, 0.25) is 0 Å². The number of rotatable bonds is 3. The molecule has 0 heterocycles. The second-order valence-corrected chi connectivity index (χ2v) is 1.94. The van der Waals surface area contributed by atoms with Gasteiger partial charge in [-0.2, -0.15) is 5.10 Å². The lowest BCUT2D eigenvalue weighted by Crippen LogP contribution is -2.25. The molecule has 0 aromatic heterocycles. The normalized spacial score (nSPS) is 13.4. The fourth-order valence-electron chi connectivity index (χ4n) is 0.234.